The molecule has 7 heteroatoms. The van der Waals surface area contributed by atoms with E-state index < -0.39 is 5.97 Å². The second kappa shape index (κ2) is 12.2. The van der Waals surface area contributed by atoms with Gasteiger partial charge in [-0.15, -0.1) is 0 Å². The molecule has 0 saturated carbocycles. The molecule has 4 aromatic carbocycles. The Morgan fingerprint density at radius 1 is 0.952 bits per heavy atom. The number of carbonyl (C=O) groups is 1. The molecule has 1 atom stereocenters. The minimum atomic E-state index is -0.938. The number of aromatic carboxylic acids is 1. The van der Waals surface area contributed by atoms with Crippen LogP contribution >= 0.6 is 11.8 Å². The third-order valence-electron chi connectivity index (χ3n) is 7.61. The van der Waals surface area contributed by atoms with Crippen LogP contribution < -0.4 is 5.32 Å². The number of thioether (sulfide) groups is 1. The van der Waals surface area contributed by atoms with E-state index in [2.05, 4.69) is 49.5 Å². The first-order valence-corrected chi connectivity index (χ1v) is 15.1. The lowest BCUT2D eigenvalue weighted by atomic mass is 9.95. The SMILES string of the molecule is CCc1ccc2c(c1)SC(=Nc1cc(Cc3ccccc3)nc(Nc3ccc4cc(C(=O)O)ccc4c3)n1)CCC2C. The van der Waals surface area contributed by atoms with Crippen LogP contribution in [0.15, 0.2) is 101 Å². The van der Waals surface area contributed by atoms with Crippen LogP contribution in [0.2, 0.25) is 0 Å². The van der Waals surface area contributed by atoms with Crippen molar-refractivity contribution < 1.29 is 9.90 Å². The van der Waals surface area contributed by atoms with Crippen molar-refractivity contribution in [3.05, 3.63) is 119 Å². The number of benzene rings is 4. The number of nitrogens with one attached hydrogen (secondary N) is 1. The summed E-state index contributed by atoms with van der Waals surface area (Å²) in [7, 11) is 0. The van der Waals surface area contributed by atoms with Crippen LogP contribution in [0, 0.1) is 0 Å². The van der Waals surface area contributed by atoms with Gasteiger partial charge in [-0.2, -0.15) is 4.98 Å². The number of rotatable bonds is 7. The highest BCUT2D eigenvalue weighted by Crippen LogP contribution is 2.39. The summed E-state index contributed by atoms with van der Waals surface area (Å²) in [6.07, 6.45) is 3.61. The Kier molecular flexibility index (Phi) is 8.02. The molecule has 6 rings (SSSR count). The van der Waals surface area contributed by atoms with Crippen molar-refractivity contribution in [1.82, 2.24) is 9.97 Å². The van der Waals surface area contributed by atoms with Crippen LogP contribution in [0.4, 0.5) is 17.5 Å². The van der Waals surface area contributed by atoms with Crippen molar-refractivity contribution in [2.75, 3.05) is 5.32 Å². The fourth-order valence-electron chi connectivity index (χ4n) is 5.25. The number of nitrogens with zero attached hydrogens (tertiary/aromatic N) is 3. The standard InChI is InChI=1S/C35H32N4O2S/c1-3-23-10-15-30-22(2)9-16-33(42-31(30)18-23)38-32-21-29(17-24-7-5-4-6-8-24)37-35(39-32)36-28-14-13-25-19-27(34(40)41)12-11-26(25)20-28/h4-8,10-15,18-22H,3,9,16-17H2,1-2H3,(H,40,41)(H,36,37,39). The van der Waals surface area contributed by atoms with E-state index in [9.17, 15) is 9.90 Å². The highest BCUT2D eigenvalue weighted by molar-refractivity contribution is 8.14. The number of anilines is 2. The van der Waals surface area contributed by atoms with E-state index >= 15 is 0 Å². The molecular weight excluding hydrogens is 540 g/mol. The van der Waals surface area contributed by atoms with Crippen molar-refractivity contribution in [2.45, 2.75) is 50.3 Å². The van der Waals surface area contributed by atoms with Crippen molar-refractivity contribution >= 4 is 51.0 Å². The molecule has 1 aliphatic heterocycles. The van der Waals surface area contributed by atoms with E-state index in [1.165, 1.54) is 21.6 Å². The highest BCUT2D eigenvalue weighted by atomic mass is 32.2. The molecular formula is C35H32N4O2S. The van der Waals surface area contributed by atoms with Gasteiger partial charge in [0.05, 0.1) is 16.3 Å². The van der Waals surface area contributed by atoms with Gasteiger partial charge in [-0.05, 0) is 83.0 Å². The summed E-state index contributed by atoms with van der Waals surface area (Å²) >= 11 is 1.76. The van der Waals surface area contributed by atoms with E-state index in [0.29, 0.717) is 24.1 Å². The molecule has 210 valence electrons. The van der Waals surface area contributed by atoms with Gasteiger partial charge in [-0.1, -0.05) is 80.2 Å². The van der Waals surface area contributed by atoms with Gasteiger partial charge in [0, 0.05) is 23.1 Å². The normalized spacial score (nSPS) is 15.8. The van der Waals surface area contributed by atoms with Crippen LogP contribution in [0.5, 0.6) is 0 Å². The Morgan fingerprint density at radius 3 is 2.57 bits per heavy atom. The van der Waals surface area contributed by atoms with Gasteiger partial charge in [0.25, 0.3) is 0 Å². The summed E-state index contributed by atoms with van der Waals surface area (Å²) < 4.78 is 0. The smallest absolute Gasteiger partial charge is 0.335 e. The maximum absolute atomic E-state index is 11.4. The zero-order valence-electron chi connectivity index (χ0n) is 23.7. The van der Waals surface area contributed by atoms with E-state index in [4.69, 9.17) is 15.0 Å². The van der Waals surface area contributed by atoms with E-state index in [1.54, 1.807) is 23.9 Å². The molecule has 2 N–H and O–H groups in total. The third-order valence-corrected chi connectivity index (χ3v) is 8.72. The summed E-state index contributed by atoms with van der Waals surface area (Å²) in [5.74, 6) is 0.648. The lowest BCUT2D eigenvalue weighted by Gasteiger charge is -2.12. The quantitative estimate of drug-likeness (QED) is 0.202. The molecule has 0 aliphatic carbocycles. The number of carboxylic acids is 1. The Bertz CT molecular complexity index is 1800. The molecule has 0 radical (unpaired) electrons. The van der Waals surface area contributed by atoms with Crippen LogP contribution in [-0.2, 0) is 12.8 Å². The van der Waals surface area contributed by atoms with Crippen LogP contribution in [0.3, 0.4) is 0 Å². The van der Waals surface area contributed by atoms with Crippen molar-refractivity contribution in [3.8, 4) is 0 Å². The molecule has 42 heavy (non-hydrogen) atoms. The Balaban J connectivity index is 1.34. The molecule has 0 amide bonds. The van der Waals surface area contributed by atoms with Gasteiger partial charge in [-0.25, -0.2) is 14.8 Å². The first kappa shape index (κ1) is 27.7. The lowest BCUT2D eigenvalue weighted by Crippen LogP contribution is -2.02. The highest BCUT2D eigenvalue weighted by Gasteiger charge is 2.20. The molecule has 1 aliphatic rings. The molecule has 1 unspecified atom stereocenters. The fraction of sp³-hybridized carbons (Fsp3) is 0.200. The number of aliphatic imine (C=N–C) groups is 1. The average molecular weight is 573 g/mol. The number of aromatic nitrogens is 2. The number of hydrogen-bond donors (Lipinski definition) is 2. The minimum absolute atomic E-state index is 0.267. The largest absolute Gasteiger partial charge is 0.478 e. The van der Waals surface area contributed by atoms with Crippen LogP contribution in [0.1, 0.15) is 65.3 Å². The van der Waals surface area contributed by atoms with E-state index in [1.807, 2.05) is 48.5 Å². The number of carboxylic acid groups (broad SMARTS) is 1. The van der Waals surface area contributed by atoms with Gasteiger partial charge in [0.2, 0.25) is 5.95 Å². The first-order valence-electron chi connectivity index (χ1n) is 14.3. The van der Waals surface area contributed by atoms with Crippen LogP contribution in [0.25, 0.3) is 10.8 Å². The summed E-state index contributed by atoms with van der Waals surface area (Å²) in [6.45, 7) is 4.48. The summed E-state index contributed by atoms with van der Waals surface area (Å²) in [4.78, 5) is 27.4. The second-order valence-corrected chi connectivity index (χ2v) is 11.8. The van der Waals surface area contributed by atoms with Gasteiger partial charge in [-0.3, -0.25) is 0 Å². The predicted octanol–water partition coefficient (Wildman–Crippen LogP) is 8.94. The maximum Gasteiger partial charge on any atom is 0.335 e. The minimum Gasteiger partial charge on any atom is -0.478 e. The zero-order valence-corrected chi connectivity index (χ0v) is 24.5. The Hall–Kier alpha value is -4.49. The number of aryl methyl sites for hydroxylation is 1. The average Bonchev–Trinajstić information content (AvgIpc) is 3.14. The fourth-order valence-corrected chi connectivity index (χ4v) is 6.46. The molecule has 5 aromatic rings. The molecule has 0 saturated heterocycles. The maximum atomic E-state index is 11.4. The third kappa shape index (κ3) is 6.37. The van der Waals surface area contributed by atoms with Crippen molar-refractivity contribution in [3.63, 3.8) is 0 Å². The molecule has 0 bridgehead atoms. The lowest BCUT2D eigenvalue weighted by molar-refractivity contribution is 0.0697. The molecule has 0 fully saturated rings. The van der Waals surface area contributed by atoms with Crippen molar-refractivity contribution in [2.24, 2.45) is 4.99 Å². The zero-order chi connectivity index (χ0) is 29.1. The summed E-state index contributed by atoms with van der Waals surface area (Å²) in [5, 5.41) is 15.5. The predicted molar refractivity (Wildman–Crippen MR) is 172 cm³/mol. The monoisotopic (exact) mass is 572 g/mol. The van der Waals surface area contributed by atoms with Crippen molar-refractivity contribution in [1.29, 1.82) is 0 Å². The number of hydrogen-bond acceptors (Lipinski definition) is 6. The van der Waals surface area contributed by atoms with Crippen LogP contribution in [-0.4, -0.2) is 26.1 Å². The Labute approximate surface area is 250 Å². The van der Waals surface area contributed by atoms with E-state index in [-0.39, 0.29) is 5.56 Å². The molecule has 2 heterocycles. The van der Waals surface area contributed by atoms with Gasteiger partial charge in [0.15, 0.2) is 5.82 Å². The van der Waals surface area contributed by atoms with E-state index in [0.717, 1.165) is 46.5 Å². The summed E-state index contributed by atoms with van der Waals surface area (Å²) in [5.41, 5.74) is 5.86. The Morgan fingerprint density at radius 2 is 1.76 bits per heavy atom. The topological polar surface area (TPSA) is 87.5 Å². The second-order valence-electron chi connectivity index (χ2n) is 10.7. The summed E-state index contributed by atoms with van der Waals surface area (Å²) in [6, 6.07) is 30.0. The van der Waals surface area contributed by atoms with Gasteiger partial charge >= 0.3 is 5.97 Å². The molecule has 6 nitrogen and oxygen atoms in total. The first-order chi connectivity index (χ1) is 20.4. The number of fused-ring (bicyclic) bond motifs is 2. The molecule has 0 spiro atoms. The van der Waals surface area contributed by atoms with Gasteiger partial charge in [0.1, 0.15) is 0 Å². The van der Waals surface area contributed by atoms with Gasteiger partial charge < -0.3 is 10.4 Å². The molecule has 1 aromatic heterocycles.